The number of rotatable bonds is 4. The molecule has 1 N–H and O–H groups in total. The molecule has 0 spiro atoms. The van der Waals surface area contributed by atoms with Crippen LogP contribution < -0.4 is 5.32 Å². The number of thiophene rings is 1. The van der Waals surface area contributed by atoms with Crippen LogP contribution in [0.1, 0.15) is 11.4 Å². The van der Waals surface area contributed by atoms with Gasteiger partial charge < -0.3 is 5.32 Å². The second-order valence-corrected chi connectivity index (χ2v) is 7.28. The second-order valence-electron chi connectivity index (χ2n) is 5.44. The van der Waals surface area contributed by atoms with Crippen molar-refractivity contribution in [3.8, 4) is 0 Å². The second kappa shape index (κ2) is 7.17. The van der Waals surface area contributed by atoms with E-state index in [1.54, 1.807) is 11.3 Å². The van der Waals surface area contributed by atoms with E-state index in [1.807, 2.05) is 66.1 Å². The van der Waals surface area contributed by atoms with Crippen LogP contribution in [0.15, 0.2) is 70.5 Å². The molecular formula is C20H14BrN3S. The average molecular weight is 408 g/mol. The van der Waals surface area contributed by atoms with Crippen molar-refractivity contribution in [2.24, 2.45) is 0 Å². The highest BCUT2D eigenvalue weighted by atomic mass is 79.9. The summed E-state index contributed by atoms with van der Waals surface area (Å²) in [6, 6.07) is 20.2. The fourth-order valence-electron chi connectivity index (χ4n) is 2.48. The zero-order valence-electron chi connectivity index (χ0n) is 13.2. The Hall–Kier alpha value is -2.50. The summed E-state index contributed by atoms with van der Waals surface area (Å²) in [6.07, 6.45) is 3.97. The molecule has 2 aromatic heterocycles. The van der Waals surface area contributed by atoms with Gasteiger partial charge in [0, 0.05) is 10.2 Å². The van der Waals surface area contributed by atoms with E-state index >= 15 is 0 Å². The molecule has 2 heterocycles. The van der Waals surface area contributed by atoms with Crippen LogP contribution in [0.3, 0.4) is 0 Å². The molecule has 0 saturated carbocycles. The van der Waals surface area contributed by atoms with E-state index in [2.05, 4.69) is 38.4 Å². The van der Waals surface area contributed by atoms with Crippen molar-refractivity contribution < 1.29 is 0 Å². The molecule has 2 aromatic carbocycles. The normalized spacial score (nSPS) is 11.2. The Morgan fingerprint density at radius 3 is 2.64 bits per heavy atom. The molecule has 0 aliphatic rings. The Morgan fingerprint density at radius 1 is 0.920 bits per heavy atom. The number of nitrogens with one attached hydrogen (secondary N) is 1. The van der Waals surface area contributed by atoms with Crippen molar-refractivity contribution in [3.63, 3.8) is 0 Å². The minimum absolute atomic E-state index is 0.687. The van der Waals surface area contributed by atoms with Gasteiger partial charge in [-0.3, -0.25) is 0 Å². The Morgan fingerprint density at radius 2 is 1.80 bits per heavy atom. The molecular weight excluding hydrogens is 394 g/mol. The van der Waals surface area contributed by atoms with Crippen LogP contribution in [-0.4, -0.2) is 9.97 Å². The van der Waals surface area contributed by atoms with Gasteiger partial charge in [-0.25, -0.2) is 9.97 Å². The van der Waals surface area contributed by atoms with E-state index in [0.717, 1.165) is 31.8 Å². The molecule has 122 valence electrons. The molecule has 0 bridgehead atoms. The smallest absolute Gasteiger partial charge is 0.155 e. The molecule has 0 saturated heterocycles. The maximum Gasteiger partial charge on any atom is 0.155 e. The topological polar surface area (TPSA) is 37.8 Å². The quantitative estimate of drug-likeness (QED) is 0.427. The summed E-state index contributed by atoms with van der Waals surface area (Å²) in [5.74, 6) is 1.51. The number of aromatic nitrogens is 2. The van der Waals surface area contributed by atoms with Crippen molar-refractivity contribution in [2.75, 3.05) is 5.32 Å². The molecule has 4 rings (SSSR count). The molecule has 0 radical (unpaired) electrons. The van der Waals surface area contributed by atoms with Gasteiger partial charge in [0.15, 0.2) is 11.6 Å². The first-order valence-corrected chi connectivity index (χ1v) is 9.46. The molecule has 5 heteroatoms. The van der Waals surface area contributed by atoms with Crippen LogP contribution in [0.25, 0.3) is 22.4 Å². The molecule has 0 aliphatic heterocycles. The number of hydrogen-bond acceptors (Lipinski definition) is 4. The van der Waals surface area contributed by atoms with Gasteiger partial charge in [0.05, 0.1) is 10.2 Å². The van der Waals surface area contributed by atoms with E-state index < -0.39 is 0 Å². The van der Waals surface area contributed by atoms with Crippen LogP contribution in [-0.2, 0) is 0 Å². The predicted molar refractivity (Wildman–Crippen MR) is 110 cm³/mol. The van der Waals surface area contributed by atoms with Crippen molar-refractivity contribution >= 4 is 61.1 Å². The molecule has 0 atom stereocenters. The highest BCUT2D eigenvalue weighted by molar-refractivity contribution is 9.10. The minimum atomic E-state index is 0.687. The molecule has 0 aliphatic carbocycles. The third-order valence-corrected chi connectivity index (χ3v) is 5.04. The molecule has 0 amide bonds. The number of anilines is 2. The van der Waals surface area contributed by atoms with Gasteiger partial charge in [-0.1, -0.05) is 58.4 Å². The summed E-state index contributed by atoms with van der Waals surface area (Å²) >= 11 is 5.14. The van der Waals surface area contributed by atoms with Crippen molar-refractivity contribution in [3.05, 3.63) is 81.9 Å². The van der Waals surface area contributed by atoms with Gasteiger partial charge in [0.25, 0.3) is 0 Å². The lowest BCUT2D eigenvalue weighted by molar-refractivity contribution is 1.19. The van der Waals surface area contributed by atoms with Gasteiger partial charge in [0.2, 0.25) is 0 Å². The fraction of sp³-hybridized carbons (Fsp3) is 0. The maximum atomic E-state index is 4.70. The monoisotopic (exact) mass is 407 g/mol. The zero-order chi connectivity index (χ0) is 17.1. The van der Waals surface area contributed by atoms with Gasteiger partial charge in [0.1, 0.15) is 0 Å². The Balaban J connectivity index is 1.71. The zero-order valence-corrected chi connectivity index (χ0v) is 15.6. The van der Waals surface area contributed by atoms with Crippen molar-refractivity contribution in [2.45, 2.75) is 0 Å². The minimum Gasteiger partial charge on any atom is -0.339 e. The number of nitrogens with zero attached hydrogens (tertiary/aromatic N) is 2. The lowest BCUT2D eigenvalue weighted by Gasteiger charge is -2.08. The molecule has 4 aromatic rings. The fourth-order valence-corrected chi connectivity index (χ4v) is 3.65. The summed E-state index contributed by atoms with van der Waals surface area (Å²) in [6.45, 7) is 0. The maximum absolute atomic E-state index is 4.70. The first-order chi connectivity index (χ1) is 12.3. The van der Waals surface area contributed by atoms with Crippen molar-refractivity contribution in [1.29, 1.82) is 0 Å². The van der Waals surface area contributed by atoms with Crippen LogP contribution >= 0.6 is 27.3 Å². The Bertz CT molecular complexity index is 1040. The van der Waals surface area contributed by atoms with E-state index in [0.29, 0.717) is 5.82 Å². The first kappa shape index (κ1) is 16.0. The third kappa shape index (κ3) is 3.78. The van der Waals surface area contributed by atoms with Crippen LogP contribution in [0.2, 0.25) is 0 Å². The van der Waals surface area contributed by atoms with E-state index in [4.69, 9.17) is 4.98 Å². The number of fused-ring (bicyclic) bond motifs is 1. The summed E-state index contributed by atoms with van der Waals surface area (Å²) < 4.78 is 2.08. The van der Waals surface area contributed by atoms with Gasteiger partial charge in [-0.15, -0.1) is 11.3 Å². The lowest BCUT2D eigenvalue weighted by atomic mass is 10.2. The molecule has 0 fully saturated rings. The van der Waals surface area contributed by atoms with Gasteiger partial charge >= 0.3 is 0 Å². The Labute approximate surface area is 158 Å². The highest BCUT2D eigenvalue weighted by Gasteiger charge is 2.08. The summed E-state index contributed by atoms with van der Waals surface area (Å²) in [5.41, 5.74) is 3.06. The SMILES string of the molecule is Brc1cccc(Nc2nc(/C=C/c3ccccc3)nc3ccsc23)c1. The standard InChI is InChI=1S/C20H14BrN3S/c21-15-7-4-8-16(13-15)22-20-19-17(11-12-25-19)23-18(24-20)10-9-14-5-2-1-3-6-14/h1-13H,(H,22,23,24)/b10-9+. The average Bonchev–Trinajstić information content (AvgIpc) is 3.10. The predicted octanol–water partition coefficient (Wildman–Crippen LogP) is 6.37. The molecule has 0 unspecified atom stereocenters. The molecule has 25 heavy (non-hydrogen) atoms. The third-order valence-electron chi connectivity index (χ3n) is 3.63. The number of hydrogen-bond donors (Lipinski definition) is 1. The lowest BCUT2D eigenvalue weighted by Crippen LogP contribution is -1.97. The van der Waals surface area contributed by atoms with Gasteiger partial charge in [-0.2, -0.15) is 0 Å². The van der Waals surface area contributed by atoms with E-state index in [-0.39, 0.29) is 0 Å². The Kier molecular flexibility index (Phi) is 4.59. The largest absolute Gasteiger partial charge is 0.339 e. The van der Waals surface area contributed by atoms with Crippen LogP contribution in [0, 0.1) is 0 Å². The summed E-state index contributed by atoms with van der Waals surface area (Å²) in [4.78, 5) is 9.33. The van der Waals surface area contributed by atoms with Crippen molar-refractivity contribution in [1.82, 2.24) is 9.97 Å². The van der Waals surface area contributed by atoms with Crippen LogP contribution in [0.5, 0.6) is 0 Å². The summed E-state index contributed by atoms with van der Waals surface area (Å²) in [7, 11) is 0. The first-order valence-electron chi connectivity index (χ1n) is 7.79. The number of halogens is 1. The van der Waals surface area contributed by atoms with Gasteiger partial charge in [-0.05, 0) is 41.3 Å². The summed E-state index contributed by atoms with van der Waals surface area (Å²) in [5, 5.41) is 5.45. The van der Waals surface area contributed by atoms with E-state index in [1.165, 1.54) is 0 Å². The van der Waals surface area contributed by atoms with E-state index in [9.17, 15) is 0 Å². The highest BCUT2D eigenvalue weighted by Crippen LogP contribution is 2.29. The van der Waals surface area contributed by atoms with Crippen LogP contribution in [0.4, 0.5) is 11.5 Å². The molecule has 3 nitrogen and oxygen atoms in total. The number of benzene rings is 2.